The molecule has 0 fully saturated rings. The Balaban J connectivity index is 1.67. The van der Waals surface area contributed by atoms with E-state index in [-0.39, 0.29) is 0 Å². The highest BCUT2D eigenvalue weighted by atomic mass is 79.9. The van der Waals surface area contributed by atoms with Crippen LogP contribution in [0.25, 0.3) is 11.3 Å². The van der Waals surface area contributed by atoms with Crippen molar-refractivity contribution in [1.29, 1.82) is 0 Å². The fourth-order valence-electron chi connectivity index (χ4n) is 2.54. The van der Waals surface area contributed by atoms with Crippen molar-refractivity contribution < 1.29 is 23.5 Å². The molecule has 0 unspecified atom stereocenters. The Hall–Kier alpha value is -3.39. The number of benzene rings is 2. The quantitative estimate of drug-likeness (QED) is 0.339. The molecule has 29 heavy (non-hydrogen) atoms. The number of nitrogens with zero attached hydrogens (tertiary/aromatic N) is 1. The summed E-state index contributed by atoms with van der Waals surface area (Å²) in [6, 6.07) is 15.4. The Bertz CT molecular complexity index is 1060. The third kappa shape index (κ3) is 4.91. The number of rotatable bonds is 6. The van der Waals surface area contributed by atoms with Crippen LogP contribution in [0.2, 0.25) is 0 Å². The number of ether oxygens (including phenoxy) is 2. The van der Waals surface area contributed by atoms with Crippen molar-refractivity contribution in [3.63, 3.8) is 0 Å². The molecule has 0 aliphatic heterocycles. The van der Waals surface area contributed by atoms with Crippen molar-refractivity contribution in [3.8, 4) is 17.1 Å². The maximum atomic E-state index is 12.3. The van der Waals surface area contributed by atoms with Crippen LogP contribution in [0, 0.1) is 0 Å². The third-order valence-corrected chi connectivity index (χ3v) is 4.47. The molecule has 0 aliphatic rings. The van der Waals surface area contributed by atoms with Gasteiger partial charge in [-0.05, 0) is 42.5 Å². The zero-order chi connectivity index (χ0) is 20.8. The molecule has 0 aliphatic carbocycles. The molecule has 0 spiro atoms. The molecular formula is C21H17BrN2O5. The average molecular weight is 457 g/mol. The summed E-state index contributed by atoms with van der Waals surface area (Å²) >= 11 is 3.33. The number of hydrogen-bond donors (Lipinski definition) is 1. The molecular weight excluding hydrogens is 440 g/mol. The van der Waals surface area contributed by atoms with E-state index in [1.807, 2.05) is 0 Å². The van der Waals surface area contributed by atoms with Crippen LogP contribution in [0.15, 0.2) is 68.6 Å². The summed E-state index contributed by atoms with van der Waals surface area (Å²) in [6.07, 6.45) is 1.40. The zero-order valence-electron chi connectivity index (χ0n) is 15.6. The van der Waals surface area contributed by atoms with E-state index in [4.69, 9.17) is 9.15 Å². The van der Waals surface area contributed by atoms with Gasteiger partial charge in [0.2, 0.25) is 0 Å². The summed E-state index contributed by atoms with van der Waals surface area (Å²) in [5.74, 6) is 0.684. The van der Waals surface area contributed by atoms with E-state index in [1.54, 1.807) is 54.6 Å². The second-order valence-corrected chi connectivity index (χ2v) is 6.73. The number of carbonyl (C=O) groups excluding carboxylic acids is 2. The number of esters is 1. The van der Waals surface area contributed by atoms with Crippen molar-refractivity contribution in [1.82, 2.24) is 5.43 Å². The van der Waals surface area contributed by atoms with Crippen molar-refractivity contribution >= 4 is 34.0 Å². The molecule has 0 bridgehead atoms. The molecule has 148 valence electrons. The van der Waals surface area contributed by atoms with Crippen molar-refractivity contribution in [2.24, 2.45) is 5.10 Å². The fraction of sp³-hybridized carbons (Fsp3) is 0.0952. The molecule has 1 N–H and O–H groups in total. The van der Waals surface area contributed by atoms with Crippen LogP contribution in [0.5, 0.6) is 5.75 Å². The Morgan fingerprint density at radius 1 is 1.07 bits per heavy atom. The molecule has 1 heterocycles. The Morgan fingerprint density at radius 3 is 2.52 bits per heavy atom. The first-order valence-electron chi connectivity index (χ1n) is 8.47. The van der Waals surface area contributed by atoms with Crippen molar-refractivity contribution in [2.45, 2.75) is 0 Å². The topological polar surface area (TPSA) is 90.1 Å². The molecule has 8 heteroatoms. The lowest BCUT2D eigenvalue weighted by Crippen LogP contribution is -2.18. The molecule has 1 aromatic heterocycles. The number of halogens is 1. The highest BCUT2D eigenvalue weighted by Gasteiger charge is 2.12. The second-order valence-electron chi connectivity index (χ2n) is 5.81. The van der Waals surface area contributed by atoms with Crippen LogP contribution in [-0.2, 0) is 4.74 Å². The van der Waals surface area contributed by atoms with Gasteiger partial charge in [-0.1, -0.05) is 28.1 Å². The molecule has 2 aromatic carbocycles. The first-order valence-corrected chi connectivity index (χ1v) is 9.26. The average Bonchev–Trinajstić information content (AvgIpc) is 3.22. The van der Waals surface area contributed by atoms with Gasteiger partial charge in [0.1, 0.15) is 17.3 Å². The van der Waals surface area contributed by atoms with Gasteiger partial charge in [-0.3, -0.25) is 4.79 Å². The van der Waals surface area contributed by atoms with Gasteiger partial charge in [-0.15, -0.1) is 0 Å². The van der Waals surface area contributed by atoms with Crippen LogP contribution in [-0.4, -0.2) is 32.3 Å². The van der Waals surface area contributed by atoms with Crippen LogP contribution >= 0.6 is 15.9 Å². The summed E-state index contributed by atoms with van der Waals surface area (Å²) in [7, 11) is 2.82. The summed E-state index contributed by atoms with van der Waals surface area (Å²) in [5, 5.41) is 3.93. The predicted octanol–water partition coefficient (Wildman–Crippen LogP) is 4.27. The predicted molar refractivity (Wildman–Crippen MR) is 111 cm³/mol. The number of furan rings is 1. The first kappa shape index (κ1) is 20.3. The Kier molecular flexibility index (Phi) is 6.46. The van der Waals surface area contributed by atoms with Gasteiger partial charge in [0.25, 0.3) is 5.91 Å². The van der Waals surface area contributed by atoms with Crippen molar-refractivity contribution in [3.05, 3.63) is 76.0 Å². The second kappa shape index (κ2) is 9.20. The van der Waals surface area contributed by atoms with E-state index in [0.717, 1.165) is 10.0 Å². The van der Waals surface area contributed by atoms with Gasteiger partial charge in [-0.2, -0.15) is 5.10 Å². The number of carbonyl (C=O) groups is 2. The fourth-order valence-corrected chi connectivity index (χ4v) is 2.90. The number of amides is 1. The lowest BCUT2D eigenvalue weighted by Gasteiger charge is -2.07. The van der Waals surface area contributed by atoms with Gasteiger partial charge in [0, 0.05) is 10.0 Å². The minimum absolute atomic E-state index is 0.352. The van der Waals surface area contributed by atoms with Gasteiger partial charge in [-0.25, -0.2) is 10.2 Å². The van der Waals surface area contributed by atoms with Gasteiger partial charge in [0.05, 0.1) is 31.6 Å². The van der Waals surface area contributed by atoms with Gasteiger partial charge >= 0.3 is 5.97 Å². The molecule has 7 nitrogen and oxygen atoms in total. The normalized spacial score (nSPS) is 10.7. The van der Waals surface area contributed by atoms with E-state index in [1.165, 1.54) is 20.4 Å². The molecule has 0 saturated carbocycles. The highest BCUT2D eigenvalue weighted by Crippen LogP contribution is 2.23. The minimum atomic E-state index is -0.412. The van der Waals surface area contributed by atoms with Crippen LogP contribution in [0.1, 0.15) is 26.5 Å². The van der Waals surface area contributed by atoms with E-state index in [2.05, 4.69) is 31.2 Å². The number of hydrazone groups is 1. The zero-order valence-corrected chi connectivity index (χ0v) is 17.2. The van der Waals surface area contributed by atoms with Gasteiger partial charge in [0.15, 0.2) is 0 Å². The first-order chi connectivity index (χ1) is 14.0. The molecule has 1 amide bonds. The molecule has 3 aromatic rings. The SMILES string of the molecule is COC(=O)c1ccc(-c2ccc(/C=N\NC(=O)c3cc(Br)ccc3OC)o2)cc1. The molecule has 0 atom stereocenters. The van der Waals surface area contributed by atoms with Gasteiger partial charge < -0.3 is 13.9 Å². The number of methoxy groups -OCH3 is 2. The van der Waals surface area contributed by atoms with E-state index in [9.17, 15) is 9.59 Å². The lowest BCUT2D eigenvalue weighted by molar-refractivity contribution is 0.0600. The minimum Gasteiger partial charge on any atom is -0.496 e. The highest BCUT2D eigenvalue weighted by molar-refractivity contribution is 9.10. The third-order valence-electron chi connectivity index (χ3n) is 3.98. The Morgan fingerprint density at radius 2 is 1.83 bits per heavy atom. The molecule has 0 radical (unpaired) electrons. The van der Waals surface area contributed by atoms with E-state index < -0.39 is 11.9 Å². The Labute approximate surface area is 175 Å². The largest absolute Gasteiger partial charge is 0.496 e. The van der Waals surface area contributed by atoms with Crippen molar-refractivity contribution in [2.75, 3.05) is 14.2 Å². The maximum Gasteiger partial charge on any atom is 0.337 e. The summed E-state index contributed by atoms with van der Waals surface area (Å²) in [6.45, 7) is 0. The maximum absolute atomic E-state index is 12.3. The number of hydrogen-bond acceptors (Lipinski definition) is 6. The lowest BCUT2D eigenvalue weighted by atomic mass is 10.1. The van der Waals surface area contributed by atoms with Crippen LogP contribution in [0.4, 0.5) is 0 Å². The van der Waals surface area contributed by atoms with Crippen LogP contribution < -0.4 is 10.2 Å². The smallest absolute Gasteiger partial charge is 0.337 e. The number of nitrogens with one attached hydrogen (secondary N) is 1. The summed E-state index contributed by atoms with van der Waals surface area (Å²) in [5.41, 5.74) is 4.04. The molecule has 3 rings (SSSR count). The van der Waals surface area contributed by atoms with E-state index in [0.29, 0.717) is 28.4 Å². The van der Waals surface area contributed by atoms with E-state index >= 15 is 0 Å². The summed E-state index contributed by atoms with van der Waals surface area (Å²) in [4.78, 5) is 23.8. The van der Waals surface area contributed by atoms with Crippen LogP contribution in [0.3, 0.4) is 0 Å². The standard InChI is InChI=1S/C21H17BrN2O5/c1-27-19-9-7-15(22)11-17(19)20(25)24-23-12-16-8-10-18(29-16)13-3-5-14(6-4-13)21(26)28-2/h3-12H,1-2H3,(H,24,25)/b23-12-. The summed E-state index contributed by atoms with van der Waals surface area (Å²) < 4.78 is 16.3. The molecule has 0 saturated heterocycles. The monoisotopic (exact) mass is 456 g/mol.